The van der Waals surface area contributed by atoms with Crippen molar-refractivity contribution >= 4 is 56.9 Å². The molecule has 1 aliphatic heterocycles. The summed E-state index contributed by atoms with van der Waals surface area (Å²) in [6, 6.07) is 8.51. The van der Waals surface area contributed by atoms with Crippen LogP contribution in [0.2, 0.25) is 5.28 Å². The summed E-state index contributed by atoms with van der Waals surface area (Å²) in [7, 11) is -3.91. The molecule has 286 valence electrons. The van der Waals surface area contributed by atoms with Crippen LogP contribution in [-0.4, -0.2) is 88.7 Å². The molecule has 0 spiro atoms. The molecule has 1 aromatic heterocycles. The molecular weight excluding hydrogens is 726 g/mol. The fraction of sp³-hybridized carbons (Fsp3) is 0.556. The summed E-state index contributed by atoms with van der Waals surface area (Å²) in [6.07, 6.45) is 4.12. The first kappa shape index (κ1) is 38.3. The molecule has 0 unspecified atom stereocenters. The lowest BCUT2D eigenvalue weighted by Crippen LogP contribution is -2.60. The number of ether oxygens (including phenoxy) is 2. The number of rotatable bonds is 13. The molecule has 5 atom stereocenters. The Balaban J connectivity index is 1.25. The van der Waals surface area contributed by atoms with Gasteiger partial charge >= 0.3 is 6.09 Å². The number of alkyl carbamates (subject to hydrolysis) is 1. The highest BCUT2D eigenvalue weighted by Gasteiger charge is 2.62. The number of aromatic nitrogens is 2. The molecule has 2 aromatic rings. The molecule has 1 aromatic carbocycles. The Bertz CT molecular complexity index is 1850. The second-order valence-electron chi connectivity index (χ2n) is 15.3. The molecule has 15 nitrogen and oxygen atoms in total. The van der Waals surface area contributed by atoms with Crippen LogP contribution >= 0.6 is 11.6 Å². The van der Waals surface area contributed by atoms with Gasteiger partial charge in [0.2, 0.25) is 33.0 Å². The number of carbonyl (C=O) groups excluding carboxylic acids is 4. The maximum atomic E-state index is 14.5. The van der Waals surface area contributed by atoms with E-state index in [9.17, 15) is 27.6 Å². The largest absolute Gasteiger partial charge is 0.472 e. The number of halogens is 1. The number of sulfonamides is 1. The number of hydrogen-bond acceptors (Lipinski definition) is 11. The summed E-state index contributed by atoms with van der Waals surface area (Å²) in [4.78, 5) is 65.0. The van der Waals surface area contributed by atoms with Crippen LogP contribution in [0.15, 0.2) is 49.1 Å². The van der Waals surface area contributed by atoms with E-state index < -0.39 is 74.1 Å². The van der Waals surface area contributed by atoms with E-state index in [4.69, 9.17) is 21.1 Å². The lowest BCUT2D eigenvalue weighted by atomic mass is 9.85. The zero-order valence-corrected chi connectivity index (χ0v) is 31.5. The molecule has 4 N–H and O–H groups in total. The van der Waals surface area contributed by atoms with Crippen LogP contribution in [0, 0.1) is 11.3 Å². The van der Waals surface area contributed by atoms with E-state index in [0.717, 1.165) is 31.4 Å². The van der Waals surface area contributed by atoms with Crippen LogP contribution in [0.4, 0.5) is 16.3 Å². The monoisotopic (exact) mass is 771 g/mol. The summed E-state index contributed by atoms with van der Waals surface area (Å²) in [5.41, 5.74) is -1.64. The Kier molecular flexibility index (Phi) is 10.9. The molecule has 17 heteroatoms. The number of benzene rings is 1. The summed E-state index contributed by atoms with van der Waals surface area (Å²) >= 11 is 6.25. The first-order valence-corrected chi connectivity index (χ1v) is 19.8. The van der Waals surface area contributed by atoms with Crippen molar-refractivity contribution in [2.45, 2.75) is 107 Å². The van der Waals surface area contributed by atoms with Crippen LogP contribution in [0.1, 0.15) is 72.1 Å². The zero-order chi connectivity index (χ0) is 38.1. The maximum Gasteiger partial charge on any atom is 0.408 e. The molecule has 3 aliphatic carbocycles. The Morgan fingerprint density at radius 2 is 1.75 bits per heavy atom. The number of anilines is 2. The standard InChI is InChI=1S/C36H46ClN7O8S/c1-5-21-19-36(21,32(47)43-53(49,50)25-15-16-25)42-30(45)26-17-24(51-28-18-27(39-33(37)40-28)38-22-11-7-6-8-12-22)20-44(26)31(46)29(35(2,3)4)41-34(48)52-23-13-9-10-14-23/h5-8,11-12,18,21,23-26,29H,1,9-10,13-17,19-20H2,2-4H3,(H,41,48)(H,42,45)(H,43,47)(H,38,39,40)/t21-,24-,26+,29-,36-/m1/s1. The minimum absolute atomic E-state index is 0.0269. The number of carbonyl (C=O) groups is 4. The van der Waals surface area contributed by atoms with Crippen molar-refractivity contribution in [2.75, 3.05) is 11.9 Å². The van der Waals surface area contributed by atoms with Gasteiger partial charge in [-0.25, -0.2) is 18.2 Å². The highest BCUT2D eigenvalue weighted by atomic mass is 35.5. The topological polar surface area (TPSA) is 198 Å². The van der Waals surface area contributed by atoms with E-state index in [-0.39, 0.29) is 36.7 Å². The third-order valence-corrected chi connectivity index (χ3v) is 12.0. The molecule has 1 saturated heterocycles. The summed E-state index contributed by atoms with van der Waals surface area (Å²) in [5, 5.41) is 7.90. The highest BCUT2D eigenvalue weighted by Crippen LogP contribution is 2.45. The van der Waals surface area contributed by atoms with Crippen molar-refractivity contribution in [3.63, 3.8) is 0 Å². The molecule has 4 fully saturated rings. The van der Waals surface area contributed by atoms with Gasteiger partial charge in [0.05, 0.1) is 11.8 Å². The predicted octanol–water partition coefficient (Wildman–Crippen LogP) is 3.97. The number of nitrogens with one attached hydrogen (secondary N) is 4. The van der Waals surface area contributed by atoms with Crippen molar-refractivity contribution in [1.82, 2.24) is 30.2 Å². The first-order chi connectivity index (χ1) is 25.1. The van der Waals surface area contributed by atoms with E-state index in [0.29, 0.717) is 18.7 Å². The normalized spacial score (nSPS) is 24.8. The van der Waals surface area contributed by atoms with E-state index in [1.807, 2.05) is 30.3 Å². The van der Waals surface area contributed by atoms with Gasteiger partial charge in [0, 0.05) is 24.1 Å². The van der Waals surface area contributed by atoms with Gasteiger partial charge in [0.1, 0.15) is 35.6 Å². The minimum atomic E-state index is -3.91. The van der Waals surface area contributed by atoms with Crippen molar-refractivity contribution < 1.29 is 37.1 Å². The number of para-hydroxylation sites is 1. The molecule has 0 bridgehead atoms. The lowest BCUT2D eigenvalue weighted by Gasteiger charge is -2.35. The predicted molar refractivity (Wildman–Crippen MR) is 196 cm³/mol. The van der Waals surface area contributed by atoms with Gasteiger partial charge in [-0.05, 0) is 74.1 Å². The molecule has 0 radical (unpaired) electrons. The lowest BCUT2D eigenvalue weighted by molar-refractivity contribution is -0.143. The third kappa shape index (κ3) is 9.03. The molecule has 3 saturated carbocycles. The highest BCUT2D eigenvalue weighted by molar-refractivity contribution is 7.91. The summed E-state index contributed by atoms with van der Waals surface area (Å²) in [6.45, 7) is 9.02. The van der Waals surface area contributed by atoms with Gasteiger partial charge in [-0.3, -0.25) is 19.1 Å². The number of likely N-dealkylation sites (tertiary alicyclic amines) is 1. The van der Waals surface area contributed by atoms with Gasteiger partial charge in [-0.2, -0.15) is 4.98 Å². The average molecular weight is 772 g/mol. The van der Waals surface area contributed by atoms with Gasteiger partial charge in [-0.1, -0.05) is 45.0 Å². The second-order valence-corrected chi connectivity index (χ2v) is 17.6. The quantitative estimate of drug-likeness (QED) is 0.170. The molecule has 6 rings (SSSR count). The van der Waals surface area contributed by atoms with Crippen molar-refractivity contribution in [2.24, 2.45) is 11.3 Å². The van der Waals surface area contributed by atoms with Gasteiger partial charge in [-0.15, -0.1) is 6.58 Å². The molecule has 4 amide bonds. The van der Waals surface area contributed by atoms with Crippen molar-refractivity contribution in [3.8, 4) is 5.88 Å². The molecule has 4 aliphatic rings. The van der Waals surface area contributed by atoms with Crippen molar-refractivity contribution in [1.29, 1.82) is 0 Å². The zero-order valence-electron chi connectivity index (χ0n) is 30.0. The van der Waals surface area contributed by atoms with Crippen molar-refractivity contribution in [3.05, 3.63) is 54.3 Å². The van der Waals surface area contributed by atoms with Gasteiger partial charge < -0.3 is 30.3 Å². The van der Waals surface area contributed by atoms with Gasteiger partial charge in [0.25, 0.3) is 5.91 Å². The molecule has 53 heavy (non-hydrogen) atoms. The summed E-state index contributed by atoms with van der Waals surface area (Å²) in [5.74, 6) is -2.22. The number of hydrogen-bond donors (Lipinski definition) is 4. The van der Waals surface area contributed by atoms with E-state index in [1.165, 1.54) is 17.0 Å². The Morgan fingerprint density at radius 1 is 1.06 bits per heavy atom. The van der Waals surface area contributed by atoms with Crippen LogP contribution in [0.25, 0.3) is 0 Å². The smallest absolute Gasteiger partial charge is 0.408 e. The second kappa shape index (κ2) is 15.1. The van der Waals surface area contributed by atoms with E-state index in [2.05, 4.69) is 37.2 Å². The fourth-order valence-corrected chi connectivity index (χ4v) is 8.42. The Morgan fingerprint density at radius 3 is 2.38 bits per heavy atom. The van der Waals surface area contributed by atoms with Crippen LogP contribution in [0.5, 0.6) is 5.88 Å². The van der Waals surface area contributed by atoms with Crippen LogP contribution in [0.3, 0.4) is 0 Å². The Hall–Kier alpha value is -4.44. The first-order valence-electron chi connectivity index (χ1n) is 17.9. The van der Waals surface area contributed by atoms with Crippen LogP contribution in [-0.2, 0) is 29.1 Å². The number of nitrogens with zero attached hydrogens (tertiary/aromatic N) is 3. The number of amides is 4. The molecular formula is C36H46ClN7O8S. The maximum absolute atomic E-state index is 14.5. The SMILES string of the molecule is C=C[C@@H]1C[C@]1(NC(=O)[C@@H]1C[C@@H](Oc2cc(Nc3ccccc3)nc(Cl)n2)CN1C(=O)[C@@H](NC(=O)OC1CCCC1)C(C)(C)C)C(=O)NS(=O)(=O)C1CC1. The Labute approximate surface area is 314 Å². The van der Waals surface area contributed by atoms with Gasteiger partial charge in [0.15, 0.2) is 0 Å². The average Bonchev–Trinajstić information content (AvgIpc) is 3.97. The molecule has 2 heterocycles. The van der Waals surface area contributed by atoms with Crippen LogP contribution < -0.4 is 25.4 Å². The van der Waals surface area contributed by atoms with E-state index in [1.54, 1.807) is 20.8 Å². The minimum Gasteiger partial charge on any atom is -0.472 e. The fourth-order valence-electron chi connectivity index (χ4n) is 6.88. The summed E-state index contributed by atoms with van der Waals surface area (Å²) < 4.78 is 39.3. The third-order valence-electron chi connectivity index (χ3n) is 10.1. The van der Waals surface area contributed by atoms with E-state index >= 15 is 0 Å².